The summed E-state index contributed by atoms with van der Waals surface area (Å²) in [5, 5.41) is 2.80. The van der Waals surface area contributed by atoms with E-state index in [-0.39, 0.29) is 12.5 Å². The summed E-state index contributed by atoms with van der Waals surface area (Å²) in [6.07, 6.45) is 0. The third-order valence-electron chi connectivity index (χ3n) is 3.67. The third kappa shape index (κ3) is 5.61. The maximum absolute atomic E-state index is 12.2. The lowest BCUT2D eigenvalue weighted by Gasteiger charge is -2.13. The molecule has 0 aliphatic rings. The van der Waals surface area contributed by atoms with Crippen LogP contribution in [0.3, 0.4) is 0 Å². The molecule has 1 unspecified atom stereocenters. The zero-order valence-electron chi connectivity index (χ0n) is 14.3. The van der Waals surface area contributed by atoms with Crippen molar-refractivity contribution < 1.29 is 19.1 Å². The summed E-state index contributed by atoms with van der Waals surface area (Å²) in [4.78, 5) is 23.3. The second kappa shape index (κ2) is 8.84. The molecule has 0 fully saturated rings. The van der Waals surface area contributed by atoms with Crippen LogP contribution in [0, 0.1) is 6.92 Å². The zero-order chi connectivity index (χ0) is 18.2. The van der Waals surface area contributed by atoms with Crippen LogP contribution in [0.4, 0.5) is 0 Å². The Morgan fingerprint density at radius 2 is 1.88 bits per heavy atom. The molecule has 0 aromatic heterocycles. The number of amides is 1. The van der Waals surface area contributed by atoms with Crippen molar-refractivity contribution in [2.24, 2.45) is 5.73 Å². The maximum atomic E-state index is 12.2. The molecular formula is C19H22N2O4. The van der Waals surface area contributed by atoms with Gasteiger partial charge in [0.1, 0.15) is 11.8 Å². The number of nitrogens with two attached hydrogens (primary N) is 1. The fourth-order valence-electron chi connectivity index (χ4n) is 2.17. The molecule has 132 valence electrons. The van der Waals surface area contributed by atoms with E-state index in [4.69, 9.17) is 10.5 Å². The standard InChI is InChI=1S/C19H22N2O4/c1-13-6-8-15(9-7-13)18(20)19(23)21-11-14-4-3-5-16(10-14)25-12-17(22)24-2/h3-10,18H,11-12,20H2,1-2H3,(H,21,23). The van der Waals surface area contributed by atoms with Gasteiger partial charge in [0.25, 0.3) is 0 Å². The van der Waals surface area contributed by atoms with Crippen molar-refractivity contribution >= 4 is 11.9 Å². The van der Waals surface area contributed by atoms with Gasteiger partial charge in [0.2, 0.25) is 5.91 Å². The second-order valence-electron chi connectivity index (χ2n) is 5.62. The Bertz CT molecular complexity index is 728. The van der Waals surface area contributed by atoms with Gasteiger partial charge in [0.15, 0.2) is 6.61 Å². The highest BCUT2D eigenvalue weighted by Gasteiger charge is 2.15. The molecule has 0 saturated heterocycles. The van der Waals surface area contributed by atoms with Crippen molar-refractivity contribution in [3.63, 3.8) is 0 Å². The van der Waals surface area contributed by atoms with E-state index < -0.39 is 12.0 Å². The van der Waals surface area contributed by atoms with E-state index in [2.05, 4.69) is 10.1 Å². The van der Waals surface area contributed by atoms with Gasteiger partial charge >= 0.3 is 5.97 Å². The summed E-state index contributed by atoms with van der Waals surface area (Å²) in [7, 11) is 1.30. The molecular weight excluding hydrogens is 320 g/mol. The van der Waals surface area contributed by atoms with E-state index in [9.17, 15) is 9.59 Å². The highest BCUT2D eigenvalue weighted by atomic mass is 16.6. The van der Waals surface area contributed by atoms with Crippen LogP contribution in [0.5, 0.6) is 5.75 Å². The topological polar surface area (TPSA) is 90.6 Å². The molecule has 2 aromatic carbocycles. The summed E-state index contributed by atoms with van der Waals surface area (Å²) in [5.41, 5.74) is 8.70. The predicted octanol–water partition coefficient (Wildman–Crippen LogP) is 1.86. The SMILES string of the molecule is COC(=O)COc1cccc(CNC(=O)C(N)c2ccc(C)cc2)c1. The number of rotatable bonds is 7. The molecule has 0 heterocycles. The van der Waals surface area contributed by atoms with Gasteiger partial charge in [-0.2, -0.15) is 0 Å². The largest absolute Gasteiger partial charge is 0.482 e. The number of ether oxygens (including phenoxy) is 2. The van der Waals surface area contributed by atoms with Crippen LogP contribution in [-0.4, -0.2) is 25.6 Å². The average molecular weight is 342 g/mol. The number of esters is 1. The number of carbonyl (C=O) groups is 2. The van der Waals surface area contributed by atoms with Crippen LogP contribution >= 0.6 is 0 Å². The van der Waals surface area contributed by atoms with Crippen molar-refractivity contribution in [1.82, 2.24) is 5.32 Å². The molecule has 1 amide bonds. The Balaban J connectivity index is 1.90. The number of aryl methyl sites for hydroxylation is 1. The first kappa shape index (κ1) is 18.5. The molecule has 2 rings (SSSR count). The van der Waals surface area contributed by atoms with Gasteiger partial charge in [0, 0.05) is 6.54 Å². The van der Waals surface area contributed by atoms with Crippen molar-refractivity contribution in [1.29, 1.82) is 0 Å². The minimum atomic E-state index is -0.723. The van der Waals surface area contributed by atoms with Gasteiger partial charge in [-0.1, -0.05) is 42.0 Å². The molecule has 0 aliphatic carbocycles. The minimum absolute atomic E-state index is 0.162. The Morgan fingerprint density at radius 1 is 1.16 bits per heavy atom. The zero-order valence-corrected chi connectivity index (χ0v) is 14.3. The first-order valence-corrected chi connectivity index (χ1v) is 7.88. The summed E-state index contributed by atoms with van der Waals surface area (Å²) in [6.45, 7) is 2.13. The molecule has 6 heteroatoms. The van der Waals surface area contributed by atoms with Crippen molar-refractivity contribution in [2.45, 2.75) is 19.5 Å². The highest BCUT2D eigenvalue weighted by Crippen LogP contribution is 2.15. The molecule has 0 spiro atoms. The van der Waals surface area contributed by atoms with E-state index in [0.29, 0.717) is 12.3 Å². The molecule has 3 N–H and O–H groups in total. The fraction of sp³-hybridized carbons (Fsp3) is 0.263. The maximum Gasteiger partial charge on any atom is 0.343 e. The first-order chi connectivity index (χ1) is 12.0. The molecule has 0 bridgehead atoms. The average Bonchev–Trinajstić information content (AvgIpc) is 2.64. The molecule has 0 aliphatic heterocycles. The second-order valence-corrected chi connectivity index (χ2v) is 5.62. The van der Waals surface area contributed by atoms with Gasteiger partial charge < -0.3 is 20.5 Å². The molecule has 1 atom stereocenters. The monoisotopic (exact) mass is 342 g/mol. The number of nitrogens with one attached hydrogen (secondary N) is 1. The summed E-state index contributed by atoms with van der Waals surface area (Å²) in [6, 6.07) is 13.9. The van der Waals surface area contributed by atoms with Crippen molar-refractivity contribution in [3.8, 4) is 5.75 Å². The van der Waals surface area contributed by atoms with E-state index in [1.165, 1.54) is 7.11 Å². The summed E-state index contributed by atoms with van der Waals surface area (Å²) >= 11 is 0. The minimum Gasteiger partial charge on any atom is -0.482 e. The lowest BCUT2D eigenvalue weighted by molar-refractivity contribution is -0.142. The lowest BCUT2D eigenvalue weighted by atomic mass is 10.1. The molecule has 0 saturated carbocycles. The molecule has 0 radical (unpaired) electrons. The van der Waals surface area contributed by atoms with Crippen molar-refractivity contribution in [3.05, 3.63) is 65.2 Å². The first-order valence-electron chi connectivity index (χ1n) is 7.88. The molecule has 6 nitrogen and oxygen atoms in total. The number of methoxy groups -OCH3 is 1. The van der Waals surface area contributed by atoms with Crippen molar-refractivity contribution in [2.75, 3.05) is 13.7 Å². The summed E-state index contributed by atoms with van der Waals surface area (Å²) < 4.78 is 9.84. The quantitative estimate of drug-likeness (QED) is 0.750. The Kier molecular flexibility index (Phi) is 6.54. The van der Waals surface area contributed by atoms with Gasteiger partial charge in [-0.3, -0.25) is 4.79 Å². The number of hydrogen-bond donors (Lipinski definition) is 2. The van der Waals surface area contributed by atoms with E-state index in [1.807, 2.05) is 37.3 Å². The fourth-order valence-corrected chi connectivity index (χ4v) is 2.17. The smallest absolute Gasteiger partial charge is 0.343 e. The number of carbonyl (C=O) groups excluding carboxylic acids is 2. The van der Waals surface area contributed by atoms with Gasteiger partial charge in [-0.25, -0.2) is 4.79 Å². The Labute approximate surface area is 146 Å². The van der Waals surface area contributed by atoms with Crippen LogP contribution in [0.2, 0.25) is 0 Å². The summed E-state index contributed by atoms with van der Waals surface area (Å²) in [5.74, 6) is -0.188. The van der Waals surface area contributed by atoms with Crippen LogP contribution in [0.25, 0.3) is 0 Å². The molecule has 2 aromatic rings. The van der Waals surface area contributed by atoms with Gasteiger partial charge in [0.05, 0.1) is 7.11 Å². The molecule has 25 heavy (non-hydrogen) atoms. The van der Waals surface area contributed by atoms with Crippen LogP contribution in [-0.2, 0) is 20.9 Å². The number of hydrogen-bond acceptors (Lipinski definition) is 5. The van der Waals surface area contributed by atoms with Crippen LogP contribution in [0.15, 0.2) is 48.5 Å². The van der Waals surface area contributed by atoms with E-state index >= 15 is 0 Å². The Morgan fingerprint density at radius 3 is 2.56 bits per heavy atom. The lowest BCUT2D eigenvalue weighted by Crippen LogP contribution is -2.33. The third-order valence-corrected chi connectivity index (χ3v) is 3.67. The predicted molar refractivity (Wildman–Crippen MR) is 93.9 cm³/mol. The van der Waals surface area contributed by atoms with Crippen LogP contribution < -0.4 is 15.8 Å². The Hall–Kier alpha value is -2.86. The van der Waals surface area contributed by atoms with E-state index in [1.54, 1.807) is 18.2 Å². The number of benzene rings is 2. The van der Waals surface area contributed by atoms with E-state index in [0.717, 1.165) is 16.7 Å². The highest BCUT2D eigenvalue weighted by molar-refractivity contribution is 5.82. The van der Waals surface area contributed by atoms with Crippen LogP contribution in [0.1, 0.15) is 22.7 Å². The normalized spacial score (nSPS) is 11.5. The van der Waals surface area contributed by atoms with Gasteiger partial charge in [-0.15, -0.1) is 0 Å². The van der Waals surface area contributed by atoms with Gasteiger partial charge in [-0.05, 0) is 30.2 Å².